The first kappa shape index (κ1) is 14.7. The van der Waals surface area contributed by atoms with E-state index in [1.54, 1.807) is 13.3 Å². The van der Waals surface area contributed by atoms with Gasteiger partial charge in [0.05, 0.1) is 7.11 Å². The molecule has 1 unspecified atom stereocenters. The number of hydrogen-bond acceptors (Lipinski definition) is 3. The largest absolute Gasteiger partial charge is 0.481 e. The molecule has 0 N–H and O–H groups in total. The van der Waals surface area contributed by atoms with Crippen molar-refractivity contribution in [1.29, 1.82) is 0 Å². The lowest BCUT2D eigenvalue weighted by Crippen LogP contribution is -2.37. The fourth-order valence-corrected chi connectivity index (χ4v) is 4.09. The third kappa shape index (κ3) is 2.86. The van der Waals surface area contributed by atoms with Crippen molar-refractivity contribution in [2.45, 2.75) is 38.1 Å². The molecule has 0 bridgehead atoms. The number of hydrogen-bond donors (Lipinski definition) is 0. The fraction of sp³-hybridized carbons (Fsp3) is 0.450. The number of aryl methyl sites for hydroxylation is 1. The lowest BCUT2D eigenvalue weighted by Gasteiger charge is -2.32. The molecular weight excluding hydrogens is 284 g/mol. The first-order chi connectivity index (χ1) is 11.3. The molecule has 1 fully saturated rings. The summed E-state index contributed by atoms with van der Waals surface area (Å²) in [5.41, 5.74) is 5.33. The van der Waals surface area contributed by atoms with E-state index in [4.69, 9.17) is 4.74 Å². The van der Waals surface area contributed by atoms with Crippen molar-refractivity contribution in [3.63, 3.8) is 0 Å². The number of pyridine rings is 1. The highest BCUT2D eigenvalue weighted by Crippen LogP contribution is 2.33. The summed E-state index contributed by atoms with van der Waals surface area (Å²) < 4.78 is 5.41. The minimum atomic E-state index is 0.707. The first-order valence-corrected chi connectivity index (χ1v) is 8.70. The minimum absolute atomic E-state index is 0.707. The van der Waals surface area contributed by atoms with Crippen LogP contribution in [0.5, 0.6) is 5.88 Å². The van der Waals surface area contributed by atoms with Gasteiger partial charge in [-0.05, 0) is 74.0 Å². The van der Waals surface area contributed by atoms with Crippen LogP contribution in [-0.4, -0.2) is 36.1 Å². The van der Waals surface area contributed by atoms with Gasteiger partial charge in [0, 0.05) is 17.8 Å². The molecule has 0 saturated carbocycles. The minimum Gasteiger partial charge on any atom is -0.481 e. The molecule has 23 heavy (non-hydrogen) atoms. The zero-order chi connectivity index (χ0) is 15.6. The van der Waals surface area contributed by atoms with Gasteiger partial charge in [-0.15, -0.1) is 0 Å². The number of methoxy groups -OCH3 is 1. The van der Waals surface area contributed by atoms with Gasteiger partial charge in [-0.3, -0.25) is 0 Å². The van der Waals surface area contributed by atoms with Crippen LogP contribution in [-0.2, 0) is 12.8 Å². The maximum absolute atomic E-state index is 5.41. The molecule has 0 spiro atoms. The smallest absolute Gasteiger partial charge is 0.221 e. The van der Waals surface area contributed by atoms with Crippen molar-refractivity contribution in [2.75, 3.05) is 20.2 Å². The highest BCUT2D eigenvalue weighted by molar-refractivity contribution is 5.69. The van der Waals surface area contributed by atoms with Crippen molar-refractivity contribution in [3.05, 3.63) is 47.7 Å². The number of nitrogens with zero attached hydrogens (tertiary/aromatic N) is 2. The van der Waals surface area contributed by atoms with Crippen molar-refractivity contribution < 1.29 is 4.74 Å². The number of likely N-dealkylation sites (tertiary alicyclic amines) is 1. The Hall–Kier alpha value is -1.87. The Labute approximate surface area is 138 Å². The number of fused-ring (bicyclic) bond motifs is 1. The van der Waals surface area contributed by atoms with E-state index in [2.05, 4.69) is 34.1 Å². The predicted octanol–water partition coefficient (Wildman–Crippen LogP) is 3.71. The van der Waals surface area contributed by atoms with Crippen molar-refractivity contribution in [1.82, 2.24) is 9.88 Å². The van der Waals surface area contributed by atoms with Crippen LogP contribution in [0, 0.1) is 0 Å². The summed E-state index contributed by atoms with van der Waals surface area (Å²) >= 11 is 0. The van der Waals surface area contributed by atoms with Crippen LogP contribution in [0.2, 0.25) is 0 Å². The van der Waals surface area contributed by atoms with Gasteiger partial charge in [-0.1, -0.05) is 18.2 Å². The van der Waals surface area contributed by atoms with Gasteiger partial charge in [0.1, 0.15) is 0 Å². The van der Waals surface area contributed by atoms with E-state index in [9.17, 15) is 0 Å². The Bertz CT molecular complexity index is 692. The number of benzene rings is 1. The predicted molar refractivity (Wildman–Crippen MR) is 92.8 cm³/mol. The van der Waals surface area contributed by atoms with E-state index in [1.165, 1.54) is 61.9 Å². The van der Waals surface area contributed by atoms with E-state index in [-0.39, 0.29) is 0 Å². The average Bonchev–Trinajstić information content (AvgIpc) is 3.15. The molecule has 1 atom stereocenters. The standard InChI is InChI=1S/C20H24N2O/c1-23-20-19(5-4-10-21-20)17-7-6-16-14-18(9-8-15(16)13-17)22-11-2-3-12-22/h4-7,10,13,18H,2-3,8-9,11-12,14H2,1H3. The van der Waals surface area contributed by atoms with E-state index in [0.29, 0.717) is 5.88 Å². The lowest BCUT2D eigenvalue weighted by atomic mass is 9.86. The topological polar surface area (TPSA) is 25.4 Å². The van der Waals surface area contributed by atoms with Crippen LogP contribution in [0.15, 0.2) is 36.5 Å². The van der Waals surface area contributed by atoms with Crippen molar-refractivity contribution >= 4 is 0 Å². The van der Waals surface area contributed by atoms with Gasteiger partial charge < -0.3 is 9.64 Å². The lowest BCUT2D eigenvalue weighted by molar-refractivity contribution is 0.222. The second kappa shape index (κ2) is 6.32. The molecule has 3 heteroatoms. The molecule has 2 aromatic rings. The fourth-order valence-electron chi connectivity index (χ4n) is 4.09. The molecule has 0 amide bonds. The number of aromatic nitrogens is 1. The molecule has 3 nitrogen and oxygen atoms in total. The Balaban J connectivity index is 1.60. The second-order valence-corrected chi connectivity index (χ2v) is 6.68. The molecule has 0 radical (unpaired) electrons. The quantitative estimate of drug-likeness (QED) is 0.864. The summed E-state index contributed by atoms with van der Waals surface area (Å²) in [5, 5.41) is 0. The SMILES string of the molecule is COc1ncccc1-c1ccc2c(c1)CCC(N1CCCC1)C2. The highest BCUT2D eigenvalue weighted by Gasteiger charge is 2.26. The van der Waals surface area contributed by atoms with Crippen LogP contribution >= 0.6 is 0 Å². The molecule has 120 valence electrons. The third-order valence-electron chi connectivity index (χ3n) is 5.34. The highest BCUT2D eigenvalue weighted by atomic mass is 16.5. The summed E-state index contributed by atoms with van der Waals surface area (Å²) in [5.74, 6) is 0.707. The van der Waals surface area contributed by atoms with Crippen molar-refractivity contribution in [3.8, 4) is 17.0 Å². The van der Waals surface area contributed by atoms with Gasteiger partial charge in [0.25, 0.3) is 0 Å². The maximum atomic E-state index is 5.41. The van der Waals surface area contributed by atoms with E-state index >= 15 is 0 Å². The zero-order valence-corrected chi connectivity index (χ0v) is 13.8. The summed E-state index contributed by atoms with van der Waals surface area (Å²) in [6.07, 6.45) is 8.22. The molecule has 2 aliphatic rings. The van der Waals surface area contributed by atoms with Crippen LogP contribution < -0.4 is 4.74 Å². The van der Waals surface area contributed by atoms with Gasteiger partial charge in [0.2, 0.25) is 5.88 Å². The molecule has 1 aromatic heterocycles. The Morgan fingerprint density at radius 3 is 2.83 bits per heavy atom. The van der Waals surface area contributed by atoms with Gasteiger partial charge in [-0.2, -0.15) is 0 Å². The molecule has 4 rings (SSSR count). The zero-order valence-electron chi connectivity index (χ0n) is 13.8. The van der Waals surface area contributed by atoms with Crippen LogP contribution in [0.3, 0.4) is 0 Å². The molecular formula is C20H24N2O. The Morgan fingerprint density at radius 2 is 2.00 bits per heavy atom. The van der Waals surface area contributed by atoms with Crippen LogP contribution in [0.4, 0.5) is 0 Å². The Kier molecular flexibility index (Phi) is 4.04. The molecule has 1 aliphatic carbocycles. The summed E-state index contributed by atoms with van der Waals surface area (Å²) in [4.78, 5) is 7.02. The van der Waals surface area contributed by atoms with E-state index < -0.39 is 0 Å². The number of ether oxygens (including phenoxy) is 1. The number of rotatable bonds is 3. The molecule has 2 heterocycles. The van der Waals surface area contributed by atoms with Gasteiger partial charge in [0.15, 0.2) is 0 Å². The van der Waals surface area contributed by atoms with Crippen molar-refractivity contribution in [2.24, 2.45) is 0 Å². The molecule has 1 aromatic carbocycles. The van der Waals surface area contributed by atoms with Gasteiger partial charge >= 0.3 is 0 Å². The van der Waals surface area contributed by atoms with Crippen LogP contribution in [0.25, 0.3) is 11.1 Å². The normalized spacial score (nSPS) is 21.2. The first-order valence-electron chi connectivity index (χ1n) is 8.70. The second-order valence-electron chi connectivity index (χ2n) is 6.68. The third-order valence-corrected chi connectivity index (χ3v) is 5.34. The van der Waals surface area contributed by atoms with Crippen LogP contribution in [0.1, 0.15) is 30.4 Å². The summed E-state index contributed by atoms with van der Waals surface area (Å²) in [6, 6.07) is 11.7. The summed E-state index contributed by atoms with van der Waals surface area (Å²) in [6.45, 7) is 2.59. The van der Waals surface area contributed by atoms with Gasteiger partial charge in [-0.25, -0.2) is 4.98 Å². The molecule has 1 aliphatic heterocycles. The summed E-state index contributed by atoms with van der Waals surface area (Å²) in [7, 11) is 1.69. The Morgan fingerprint density at radius 1 is 1.13 bits per heavy atom. The molecule has 1 saturated heterocycles. The van der Waals surface area contributed by atoms with E-state index in [1.807, 2.05) is 6.07 Å². The maximum Gasteiger partial charge on any atom is 0.221 e. The average molecular weight is 308 g/mol. The van der Waals surface area contributed by atoms with E-state index in [0.717, 1.165) is 11.6 Å². The monoisotopic (exact) mass is 308 g/mol.